The molecule has 0 unspecified atom stereocenters. The van der Waals surface area contributed by atoms with Crippen LogP contribution >= 0.6 is 68.4 Å². The summed E-state index contributed by atoms with van der Waals surface area (Å²) in [5.41, 5.74) is 4.73. The van der Waals surface area contributed by atoms with Crippen molar-refractivity contribution in [3.05, 3.63) is 58.6 Å². The molecule has 1 amide bonds. The number of nitrogens with zero attached hydrogens (tertiary/aromatic N) is 1. The van der Waals surface area contributed by atoms with Gasteiger partial charge in [-0.3, -0.25) is 4.79 Å². The number of benzene rings is 2. The molecule has 2 saturated carbocycles. The SMILES string of the molecule is C[C@]12CCCC[C@H]1[C@H]2C(=O)N/N=C\c1cc(I)c(OCc2ccc(Cl)cc2Cl)c(I)c1. The minimum Gasteiger partial charge on any atom is -0.487 e. The van der Waals surface area contributed by atoms with Gasteiger partial charge < -0.3 is 4.74 Å². The highest BCUT2D eigenvalue weighted by molar-refractivity contribution is 14.1. The molecule has 3 atom stereocenters. The summed E-state index contributed by atoms with van der Waals surface area (Å²) in [6, 6.07) is 9.34. The number of ether oxygens (including phenoxy) is 1. The normalized spacial score (nSPS) is 24.7. The Balaban J connectivity index is 1.37. The molecule has 2 aliphatic rings. The van der Waals surface area contributed by atoms with E-state index in [1.165, 1.54) is 12.8 Å². The fourth-order valence-corrected chi connectivity index (χ4v) is 7.26. The zero-order valence-corrected chi connectivity index (χ0v) is 22.8. The van der Waals surface area contributed by atoms with Gasteiger partial charge in [0, 0.05) is 21.5 Å². The van der Waals surface area contributed by atoms with Crippen LogP contribution in [0.3, 0.4) is 0 Å². The molecule has 1 N–H and O–H groups in total. The highest BCUT2D eigenvalue weighted by Crippen LogP contribution is 2.66. The Morgan fingerprint density at radius 3 is 2.65 bits per heavy atom. The summed E-state index contributed by atoms with van der Waals surface area (Å²) in [5.74, 6) is 1.49. The second-order valence-corrected chi connectivity index (χ2v) is 11.6. The van der Waals surface area contributed by atoms with Gasteiger partial charge in [0.15, 0.2) is 0 Å². The van der Waals surface area contributed by atoms with E-state index in [1.807, 2.05) is 18.2 Å². The van der Waals surface area contributed by atoms with Crippen molar-refractivity contribution in [3.8, 4) is 5.75 Å². The average Bonchev–Trinajstić information content (AvgIpc) is 3.34. The molecular weight excluding hydrogens is 661 g/mol. The van der Waals surface area contributed by atoms with E-state index in [2.05, 4.69) is 62.6 Å². The third kappa shape index (κ3) is 5.17. The molecule has 4 rings (SSSR count). The molecule has 2 aromatic carbocycles. The van der Waals surface area contributed by atoms with Crippen LogP contribution in [-0.2, 0) is 11.4 Å². The second kappa shape index (κ2) is 9.73. The van der Waals surface area contributed by atoms with Crippen molar-refractivity contribution in [2.75, 3.05) is 0 Å². The Morgan fingerprint density at radius 1 is 1.26 bits per heavy atom. The summed E-state index contributed by atoms with van der Waals surface area (Å²) in [6.07, 6.45) is 6.48. The van der Waals surface area contributed by atoms with Gasteiger partial charge in [-0.25, -0.2) is 5.43 Å². The molecule has 2 aliphatic carbocycles. The van der Waals surface area contributed by atoms with E-state index >= 15 is 0 Å². The van der Waals surface area contributed by atoms with Crippen molar-refractivity contribution in [2.24, 2.45) is 22.4 Å². The number of hydrogen-bond acceptors (Lipinski definition) is 3. The molecule has 2 fully saturated rings. The number of nitrogens with one attached hydrogen (secondary N) is 1. The molecule has 0 aliphatic heterocycles. The van der Waals surface area contributed by atoms with Crippen LogP contribution in [0.25, 0.3) is 0 Å². The molecular formula is C23H22Cl2I2N2O2. The fourth-order valence-electron chi connectivity index (χ4n) is 4.67. The Morgan fingerprint density at radius 2 is 2.00 bits per heavy atom. The van der Waals surface area contributed by atoms with Gasteiger partial charge in [-0.1, -0.05) is 49.0 Å². The van der Waals surface area contributed by atoms with Crippen molar-refractivity contribution in [2.45, 2.75) is 39.2 Å². The number of hydrazone groups is 1. The highest BCUT2D eigenvalue weighted by Gasteiger charge is 2.64. The Bertz CT molecular complexity index is 1020. The Kier molecular flexibility index (Phi) is 7.40. The zero-order valence-electron chi connectivity index (χ0n) is 16.9. The molecule has 0 heterocycles. The first-order valence-corrected chi connectivity index (χ1v) is 13.1. The van der Waals surface area contributed by atoms with E-state index in [-0.39, 0.29) is 17.2 Å². The molecule has 164 valence electrons. The predicted octanol–water partition coefficient (Wildman–Crippen LogP) is 7.06. The summed E-state index contributed by atoms with van der Waals surface area (Å²) >= 11 is 16.7. The van der Waals surface area contributed by atoms with Crippen LogP contribution in [0.1, 0.15) is 43.7 Å². The monoisotopic (exact) mass is 682 g/mol. The summed E-state index contributed by atoms with van der Waals surface area (Å²) < 4.78 is 7.94. The lowest BCUT2D eigenvalue weighted by atomic mass is 9.90. The van der Waals surface area contributed by atoms with Gasteiger partial charge in [0.1, 0.15) is 12.4 Å². The van der Waals surface area contributed by atoms with Crippen molar-refractivity contribution in [1.82, 2.24) is 5.43 Å². The van der Waals surface area contributed by atoms with Crippen LogP contribution < -0.4 is 10.2 Å². The largest absolute Gasteiger partial charge is 0.487 e. The topological polar surface area (TPSA) is 50.7 Å². The third-order valence-electron chi connectivity index (χ3n) is 6.41. The standard InChI is InChI=1S/C23H22Cl2I2N2O2/c1-23-7-3-2-4-16(23)20(23)22(30)29-28-11-13-8-18(26)21(19(27)9-13)31-12-14-5-6-15(24)10-17(14)25/h5-6,8-11,16,20H,2-4,7,12H2,1H3,(H,29,30)/b28-11-/t16-,20-,23-/m0/s1. The first-order valence-electron chi connectivity index (χ1n) is 10.2. The zero-order chi connectivity index (χ0) is 22.2. The van der Waals surface area contributed by atoms with E-state index in [4.69, 9.17) is 27.9 Å². The van der Waals surface area contributed by atoms with Crippen LogP contribution in [-0.4, -0.2) is 12.1 Å². The van der Waals surface area contributed by atoms with E-state index in [9.17, 15) is 4.79 Å². The lowest BCUT2D eigenvalue weighted by Crippen LogP contribution is -2.22. The van der Waals surface area contributed by atoms with Gasteiger partial charge >= 0.3 is 0 Å². The van der Waals surface area contributed by atoms with E-state index in [0.717, 1.165) is 36.9 Å². The number of halogens is 4. The lowest BCUT2D eigenvalue weighted by molar-refractivity contribution is -0.123. The highest BCUT2D eigenvalue weighted by atomic mass is 127. The fraction of sp³-hybridized carbons (Fsp3) is 0.391. The van der Waals surface area contributed by atoms with Gasteiger partial charge in [-0.05, 0) is 99.2 Å². The molecule has 0 radical (unpaired) electrons. The van der Waals surface area contributed by atoms with Crippen LogP contribution in [0.4, 0.5) is 0 Å². The Hall–Kier alpha value is -0.580. The molecule has 8 heteroatoms. The number of carbonyl (C=O) groups excluding carboxylic acids is 1. The summed E-state index contributed by atoms with van der Waals surface area (Å²) in [7, 11) is 0. The quantitative estimate of drug-likeness (QED) is 0.202. The predicted molar refractivity (Wildman–Crippen MR) is 142 cm³/mol. The van der Waals surface area contributed by atoms with Crippen LogP contribution in [0, 0.1) is 24.4 Å². The molecule has 0 saturated heterocycles. The number of amides is 1. The van der Waals surface area contributed by atoms with Crippen molar-refractivity contribution in [1.29, 1.82) is 0 Å². The summed E-state index contributed by atoms with van der Waals surface area (Å²) in [6.45, 7) is 2.60. The first kappa shape index (κ1) is 23.6. The maximum absolute atomic E-state index is 12.6. The van der Waals surface area contributed by atoms with E-state index < -0.39 is 0 Å². The number of fused-ring (bicyclic) bond motifs is 1. The maximum atomic E-state index is 12.6. The van der Waals surface area contributed by atoms with Crippen LogP contribution in [0.15, 0.2) is 35.4 Å². The molecule has 0 aromatic heterocycles. The summed E-state index contributed by atoms with van der Waals surface area (Å²) in [4.78, 5) is 12.6. The lowest BCUT2D eigenvalue weighted by Gasteiger charge is -2.15. The van der Waals surface area contributed by atoms with Crippen molar-refractivity contribution < 1.29 is 9.53 Å². The van der Waals surface area contributed by atoms with E-state index in [1.54, 1.807) is 18.3 Å². The molecule has 31 heavy (non-hydrogen) atoms. The average molecular weight is 683 g/mol. The number of hydrogen-bond donors (Lipinski definition) is 1. The van der Waals surface area contributed by atoms with Crippen LogP contribution in [0.5, 0.6) is 5.75 Å². The molecule has 0 bridgehead atoms. The Labute approximate surface area is 219 Å². The second-order valence-electron chi connectivity index (χ2n) is 8.41. The number of carbonyl (C=O) groups is 1. The van der Waals surface area contributed by atoms with Crippen molar-refractivity contribution >= 4 is 80.5 Å². The van der Waals surface area contributed by atoms with Crippen molar-refractivity contribution in [3.63, 3.8) is 0 Å². The van der Waals surface area contributed by atoms with Gasteiger partial charge in [-0.2, -0.15) is 5.10 Å². The minimum absolute atomic E-state index is 0.0508. The minimum atomic E-state index is 0.0508. The van der Waals surface area contributed by atoms with Gasteiger partial charge in [0.2, 0.25) is 5.91 Å². The molecule has 0 spiro atoms. The molecule has 4 nitrogen and oxygen atoms in total. The van der Waals surface area contributed by atoms with Gasteiger partial charge in [0.25, 0.3) is 0 Å². The smallest absolute Gasteiger partial charge is 0.244 e. The number of rotatable bonds is 6. The third-order valence-corrected chi connectivity index (χ3v) is 8.60. The summed E-state index contributed by atoms with van der Waals surface area (Å²) in [5, 5.41) is 5.40. The van der Waals surface area contributed by atoms with E-state index in [0.29, 0.717) is 22.6 Å². The first-order chi connectivity index (χ1) is 14.8. The molecule has 2 aromatic rings. The maximum Gasteiger partial charge on any atom is 0.244 e. The van der Waals surface area contributed by atoms with Gasteiger partial charge in [0.05, 0.1) is 13.4 Å². The van der Waals surface area contributed by atoms with Gasteiger partial charge in [-0.15, -0.1) is 0 Å². The van der Waals surface area contributed by atoms with Crippen LogP contribution in [0.2, 0.25) is 10.0 Å².